The molecule has 1 amide bonds. The van der Waals surface area contributed by atoms with Gasteiger partial charge in [-0.1, -0.05) is 54.1 Å². The van der Waals surface area contributed by atoms with E-state index < -0.39 is 23.8 Å². The molecule has 38 heavy (non-hydrogen) atoms. The summed E-state index contributed by atoms with van der Waals surface area (Å²) in [5.74, 6) is -1.77. The zero-order valence-electron chi connectivity index (χ0n) is 20.9. The number of aliphatic hydroxyl groups is 1. The Morgan fingerprint density at radius 1 is 1.00 bits per heavy atom. The van der Waals surface area contributed by atoms with Gasteiger partial charge in [0.25, 0.3) is 5.91 Å². The Balaban J connectivity index is 1.29. The van der Waals surface area contributed by atoms with Crippen molar-refractivity contribution < 1.29 is 19.1 Å². The molecule has 3 aromatic rings. The first kappa shape index (κ1) is 26.9. The summed E-state index contributed by atoms with van der Waals surface area (Å²) in [5, 5.41) is 15.3. The van der Waals surface area contributed by atoms with Crippen molar-refractivity contribution in [1.82, 2.24) is 10.2 Å². The lowest BCUT2D eigenvalue weighted by molar-refractivity contribution is -0.118. The van der Waals surface area contributed by atoms with E-state index in [9.17, 15) is 19.1 Å². The summed E-state index contributed by atoms with van der Waals surface area (Å²) < 4.78 is 13.2. The average Bonchev–Trinajstić information content (AvgIpc) is 3.60. The number of aliphatic hydroxyl groups excluding tert-OH is 1. The van der Waals surface area contributed by atoms with Gasteiger partial charge in [-0.15, -0.1) is 11.8 Å². The van der Waals surface area contributed by atoms with Gasteiger partial charge in [0.15, 0.2) is 0 Å². The number of nitrogens with one attached hydrogen (secondary N) is 1. The van der Waals surface area contributed by atoms with Crippen molar-refractivity contribution in [2.45, 2.75) is 48.0 Å². The predicted octanol–water partition coefficient (Wildman–Crippen LogP) is 5.90. The maximum Gasteiger partial charge on any atom is 0.292 e. The van der Waals surface area contributed by atoms with Gasteiger partial charge in [0, 0.05) is 22.3 Å². The Labute approximate surface area is 231 Å². The van der Waals surface area contributed by atoms with Gasteiger partial charge >= 0.3 is 0 Å². The molecule has 1 aliphatic carbocycles. The van der Waals surface area contributed by atoms with Crippen molar-refractivity contribution in [2.24, 2.45) is 0 Å². The first-order valence-corrected chi connectivity index (χ1v) is 14.2. The molecule has 0 radical (unpaired) electrons. The Bertz CT molecular complexity index is 1290. The number of hydrogen-bond acceptors (Lipinski definition) is 5. The van der Waals surface area contributed by atoms with Gasteiger partial charge in [-0.25, -0.2) is 4.39 Å². The molecule has 2 N–H and O–H groups in total. The number of ketones is 1. The Morgan fingerprint density at radius 2 is 1.63 bits per heavy atom. The van der Waals surface area contributed by atoms with Gasteiger partial charge in [-0.3, -0.25) is 9.59 Å². The number of amides is 1. The number of halogens is 2. The lowest BCUT2D eigenvalue weighted by Gasteiger charge is -2.28. The second-order valence-electron chi connectivity index (χ2n) is 9.95. The number of nitrogens with zero attached hydrogens (tertiary/aromatic N) is 1. The van der Waals surface area contributed by atoms with Gasteiger partial charge in [0.05, 0.1) is 11.1 Å². The van der Waals surface area contributed by atoms with E-state index in [0.29, 0.717) is 22.4 Å². The normalized spacial score (nSPS) is 17.2. The van der Waals surface area contributed by atoms with Crippen LogP contribution in [0.25, 0.3) is 11.1 Å². The van der Waals surface area contributed by atoms with Crippen LogP contribution in [-0.2, 0) is 4.79 Å². The van der Waals surface area contributed by atoms with E-state index in [1.54, 1.807) is 54.2 Å². The number of hydrogen-bond donors (Lipinski definition) is 2. The van der Waals surface area contributed by atoms with E-state index in [1.165, 1.54) is 25.0 Å². The quantitative estimate of drug-likeness (QED) is 0.242. The largest absolute Gasteiger partial charge is 0.386 e. The van der Waals surface area contributed by atoms with E-state index in [-0.39, 0.29) is 11.4 Å². The number of likely N-dealkylation sites (tertiary alicyclic amines) is 1. The molecule has 0 spiro atoms. The second kappa shape index (κ2) is 12.0. The minimum absolute atomic E-state index is 0.243. The summed E-state index contributed by atoms with van der Waals surface area (Å²) in [6.45, 7) is 2.20. The van der Waals surface area contributed by atoms with Crippen molar-refractivity contribution in [3.8, 4) is 11.1 Å². The van der Waals surface area contributed by atoms with Gasteiger partial charge in [0.1, 0.15) is 11.9 Å². The van der Waals surface area contributed by atoms with Crippen LogP contribution >= 0.6 is 23.4 Å². The highest BCUT2D eigenvalue weighted by Gasteiger charge is 2.30. The van der Waals surface area contributed by atoms with Gasteiger partial charge in [-0.2, -0.15) is 0 Å². The van der Waals surface area contributed by atoms with Crippen LogP contribution in [0.4, 0.5) is 4.39 Å². The Hall–Kier alpha value is -2.71. The fourth-order valence-electron chi connectivity index (χ4n) is 4.68. The monoisotopic (exact) mass is 552 g/mol. The molecule has 1 heterocycles. The van der Waals surface area contributed by atoms with Crippen LogP contribution in [0.5, 0.6) is 0 Å². The molecule has 1 saturated heterocycles. The van der Waals surface area contributed by atoms with Crippen LogP contribution in [0, 0.1) is 5.82 Å². The number of carbonyl (C=O) groups excluding carboxylic acids is 2. The standard InChI is InChI=1S/C30H30ClFN2O3S/c31-25-17-22(9-14-27(25)38-24-12-13-24)28(35)26(18-34-15-1-2-16-34)33-30(37)29(36)21-5-3-19(4-6-21)20-7-10-23(32)11-8-20/h3-11,14,17,24,26,28,35H,1-2,12-13,15-16,18H2,(H,33,37). The van der Waals surface area contributed by atoms with Gasteiger partial charge < -0.3 is 15.3 Å². The molecule has 8 heteroatoms. The number of benzene rings is 3. The Kier molecular flexibility index (Phi) is 8.48. The highest BCUT2D eigenvalue weighted by atomic mass is 35.5. The molecule has 3 aromatic carbocycles. The lowest BCUT2D eigenvalue weighted by atomic mass is 10.00. The highest BCUT2D eigenvalue weighted by Crippen LogP contribution is 2.42. The maximum atomic E-state index is 13.2. The smallest absolute Gasteiger partial charge is 0.292 e. The van der Waals surface area contributed by atoms with Gasteiger partial charge in [-0.05, 0) is 79.7 Å². The molecule has 5 rings (SSSR count). The third-order valence-electron chi connectivity index (χ3n) is 7.00. The minimum atomic E-state index is -1.02. The van der Waals surface area contributed by atoms with Crippen molar-refractivity contribution in [2.75, 3.05) is 19.6 Å². The number of Topliss-reactive ketones (excluding diaryl/α,β-unsaturated/α-hetero) is 1. The molecule has 2 aliphatic rings. The van der Waals surface area contributed by atoms with Crippen molar-refractivity contribution >= 4 is 35.1 Å². The third-order valence-corrected chi connectivity index (χ3v) is 8.84. The number of rotatable bonds is 10. The molecule has 5 nitrogen and oxygen atoms in total. The zero-order valence-corrected chi connectivity index (χ0v) is 22.5. The predicted molar refractivity (Wildman–Crippen MR) is 149 cm³/mol. The molecular weight excluding hydrogens is 523 g/mol. The topological polar surface area (TPSA) is 69.6 Å². The summed E-state index contributed by atoms with van der Waals surface area (Å²) >= 11 is 8.27. The van der Waals surface area contributed by atoms with Crippen LogP contribution in [0.1, 0.15) is 47.7 Å². The number of carbonyl (C=O) groups is 2. The van der Waals surface area contributed by atoms with E-state index in [1.807, 2.05) is 12.1 Å². The molecular formula is C30H30ClFN2O3S. The van der Waals surface area contributed by atoms with E-state index in [0.717, 1.165) is 42.0 Å². The molecule has 198 valence electrons. The third kappa shape index (κ3) is 6.64. The van der Waals surface area contributed by atoms with Gasteiger partial charge in [0.2, 0.25) is 5.78 Å². The summed E-state index contributed by atoms with van der Waals surface area (Å²) in [5.41, 5.74) is 2.47. The lowest BCUT2D eigenvalue weighted by Crippen LogP contribution is -2.48. The van der Waals surface area contributed by atoms with Crippen molar-refractivity contribution in [1.29, 1.82) is 0 Å². The Morgan fingerprint density at radius 3 is 2.24 bits per heavy atom. The average molecular weight is 553 g/mol. The van der Waals surface area contributed by atoms with Crippen LogP contribution in [0.2, 0.25) is 5.02 Å². The first-order valence-electron chi connectivity index (χ1n) is 12.9. The van der Waals surface area contributed by atoms with Crippen LogP contribution < -0.4 is 5.32 Å². The van der Waals surface area contributed by atoms with Crippen LogP contribution in [0.15, 0.2) is 71.6 Å². The van der Waals surface area contributed by atoms with E-state index in [2.05, 4.69) is 10.2 Å². The van der Waals surface area contributed by atoms with Crippen molar-refractivity contribution in [3.05, 3.63) is 88.7 Å². The molecule has 2 fully saturated rings. The van der Waals surface area contributed by atoms with Crippen LogP contribution in [0.3, 0.4) is 0 Å². The fourth-order valence-corrected chi connectivity index (χ4v) is 6.06. The summed E-state index contributed by atoms with van der Waals surface area (Å²) in [6, 6.07) is 17.6. The molecule has 1 saturated carbocycles. The molecule has 2 atom stereocenters. The second-order valence-corrected chi connectivity index (χ2v) is 11.7. The summed E-state index contributed by atoms with van der Waals surface area (Å²) in [4.78, 5) is 29.2. The fraction of sp³-hybridized carbons (Fsp3) is 0.333. The summed E-state index contributed by atoms with van der Waals surface area (Å²) in [6.07, 6.45) is 3.49. The van der Waals surface area contributed by atoms with E-state index >= 15 is 0 Å². The van der Waals surface area contributed by atoms with Crippen LogP contribution in [-0.4, -0.2) is 52.6 Å². The molecule has 0 aromatic heterocycles. The zero-order chi connectivity index (χ0) is 26.6. The molecule has 2 unspecified atom stereocenters. The molecule has 1 aliphatic heterocycles. The highest BCUT2D eigenvalue weighted by molar-refractivity contribution is 8.00. The van der Waals surface area contributed by atoms with E-state index in [4.69, 9.17) is 11.6 Å². The molecule has 0 bridgehead atoms. The maximum absolute atomic E-state index is 13.2. The SMILES string of the molecule is O=C(NC(CN1CCCC1)C(O)c1ccc(SC2CC2)c(Cl)c1)C(=O)c1ccc(-c2ccc(F)cc2)cc1. The number of thioether (sulfide) groups is 1. The van der Waals surface area contributed by atoms with Crippen molar-refractivity contribution in [3.63, 3.8) is 0 Å². The minimum Gasteiger partial charge on any atom is -0.386 e. The first-order chi connectivity index (χ1) is 18.4. The summed E-state index contributed by atoms with van der Waals surface area (Å²) in [7, 11) is 0.